The number of nitrogens with one attached hydrogen (secondary N) is 1. The van der Waals surface area contributed by atoms with Crippen LogP contribution in [0, 0.1) is 12.8 Å². The van der Waals surface area contributed by atoms with E-state index in [0.717, 1.165) is 16.9 Å². The minimum Gasteiger partial charge on any atom is -0.459 e. The Morgan fingerprint density at radius 2 is 1.93 bits per heavy atom. The molecule has 10 heteroatoms. The number of nitrogens with zero attached hydrogens (tertiary/aromatic N) is 3. The van der Waals surface area contributed by atoms with Gasteiger partial charge >= 0.3 is 0 Å². The fraction of sp³-hybridized carbons (Fsp3) is 0.278. The molecule has 3 rings (SSSR count). The molecule has 0 unspecified atom stereocenters. The summed E-state index contributed by atoms with van der Waals surface area (Å²) in [6.07, 6.45) is 1.37. The normalized spacial score (nSPS) is 11.6. The van der Waals surface area contributed by atoms with E-state index in [4.69, 9.17) is 4.42 Å². The lowest BCUT2D eigenvalue weighted by atomic mass is 10.2. The van der Waals surface area contributed by atoms with Gasteiger partial charge in [0.15, 0.2) is 5.76 Å². The number of aromatic nitrogens is 2. The molecule has 0 fully saturated rings. The van der Waals surface area contributed by atoms with Gasteiger partial charge in [-0.2, -0.15) is 8.42 Å². The van der Waals surface area contributed by atoms with E-state index in [-0.39, 0.29) is 21.1 Å². The number of amides is 1. The Balaban J connectivity index is 1.88. The minimum absolute atomic E-state index is 0.0772. The van der Waals surface area contributed by atoms with Crippen molar-refractivity contribution in [1.29, 1.82) is 0 Å². The highest BCUT2D eigenvalue weighted by molar-refractivity contribution is 7.94. The highest BCUT2D eigenvalue weighted by atomic mass is 32.2. The van der Waals surface area contributed by atoms with Crippen molar-refractivity contribution in [1.82, 2.24) is 10.2 Å². The van der Waals surface area contributed by atoms with Crippen LogP contribution in [0.2, 0.25) is 0 Å². The molecule has 1 N–H and O–H groups in total. The largest absolute Gasteiger partial charge is 0.459 e. The van der Waals surface area contributed by atoms with E-state index >= 15 is 0 Å². The number of anilines is 2. The average molecular weight is 421 g/mol. The van der Waals surface area contributed by atoms with Gasteiger partial charge in [0, 0.05) is 6.54 Å². The van der Waals surface area contributed by atoms with Crippen molar-refractivity contribution in [3.05, 3.63) is 54.0 Å². The Morgan fingerprint density at radius 1 is 1.21 bits per heavy atom. The number of benzene rings is 1. The van der Waals surface area contributed by atoms with Crippen molar-refractivity contribution < 1.29 is 17.6 Å². The molecule has 2 heterocycles. The van der Waals surface area contributed by atoms with E-state index in [2.05, 4.69) is 15.5 Å². The van der Waals surface area contributed by atoms with Gasteiger partial charge in [-0.25, -0.2) is 0 Å². The van der Waals surface area contributed by atoms with Crippen LogP contribution in [0.3, 0.4) is 0 Å². The van der Waals surface area contributed by atoms with E-state index < -0.39 is 15.9 Å². The van der Waals surface area contributed by atoms with E-state index in [9.17, 15) is 13.2 Å². The van der Waals surface area contributed by atoms with Crippen molar-refractivity contribution >= 4 is 38.1 Å². The van der Waals surface area contributed by atoms with E-state index in [0.29, 0.717) is 12.2 Å². The predicted molar refractivity (Wildman–Crippen MR) is 107 cm³/mol. The first-order chi connectivity index (χ1) is 13.3. The monoisotopic (exact) mass is 420 g/mol. The maximum absolute atomic E-state index is 13.2. The maximum Gasteiger partial charge on any atom is 0.293 e. The minimum atomic E-state index is -3.93. The zero-order valence-corrected chi connectivity index (χ0v) is 17.3. The van der Waals surface area contributed by atoms with Crippen LogP contribution in [0.1, 0.15) is 30.0 Å². The number of carbonyl (C=O) groups is 1. The molecule has 0 aliphatic carbocycles. The first-order valence-corrected chi connectivity index (χ1v) is 10.8. The summed E-state index contributed by atoms with van der Waals surface area (Å²) in [7, 11) is -3.93. The predicted octanol–water partition coefficient (Wildman–Crippen LogP) is 3.54. The number of aryl methyl sites for hydroxylation is 1. The van der Waals surface area contributed by atoms with Gasteiger partial charge < -0.3 is 4.42 Å². The van der Waals surface area contributed by atoms with Crippen LogP contribution < -0.4 is 9.62 Å². The SMILES string of the molecule is Cc1ccc(N(CC(C)C)S(=O)(=O)c2nnc(NC(=O)c3ccco3)s2)cc1. The molecule has 8 nitrogen and oxygen atoms in total. The zero-order chi connectivity index (χ0) is 20.3. The van der Waals surface area contributed by atoms with Gasteiger partial charge in [0.25, 0.3) is 20.3 Å². The highest BCUT2D eigenvalue weighted by Crippen LogP contribution is 2.28. The second kappa shape index (κ2) is 8.11. The summed E-state index contributed by atoms with van der Waals surface area (Å²) < 4.78 is 32.5. The van der Waals surface area contributed by atoms with Crippen molar-refractivity contribution in [2.75, 3.05) is 16.2 Å². The average Bonchev–Trinajstić information content (AvgIpc) is 3.32. The molecule has 0 spiro atoms. The number of hydrogen-bond acceptors (Lipinski definition) is 7. The van der Waals surface area contributed by atoms with E-state index in [1.54, 1.807) is 18.2 Å². The topological polar surface area (TPSA) is 105 Å². The lowest BCUT2D eigenvalue weighted by molar-refractivity contribution is 0.0996. The van der Waals surface area contributed by atoms with Crippen LogP contribution >= 0.6 is 11.3 Å². The molecule has 0 aliphatic heterocycles. The smallest absolute Gasteiger partial charge is 0.293 e. The summed E-state index contributed by atoms with van der Waals surface area (Å²) in [6, 6.07) is 10.3. The lowest BCUT2D eigenvalue weighted by Crippen LogP contribution is -2.34. The third-order valence-corrected chi connectivity index (χ3v) is 6.71. The van der Waals surface area contributed by atoms with Crippen LogP contribution in [-0.4, -0.2) is 31.1 Å². The number of furan rings is 1. The summed E-state index contributed by atoms with van der Waals surface area (Å²) in [4.78, 5) is 12.0. The molecule has 1 aromatic carbocycles. The second-order valence-electron chi connectivity index (χ2n) is 6.57. The summed E-state index contributed by atoms with van der Waals surface area (Å²) in [5.41, 5.74) is 1.58. The van der Waals surface area contributed by atoms with Crippen molar-refractivity contribution in [3.8, 4) is 0 Å². The Kier molecular flexibility index (Phi) is 5.80. The number of carbonyl (C=O) groups excluding carboxylic acids is 1. The summed E-state index contributed by atoms with van der Waals surface area (Å²) in [5.74, 6) is -0.328. The first-order valence-electron chi connectivity index (χ1n) is 8.55. The van der Waals surface area contributed by atoms with Crippen LogP contribution in [0.15, 0.2) is 51.4 Å². The molecular weight excluding hydrogens is 400 g/mol. The third-order valence-electron chi connectivity index (χ3n) is 3.74. The van der Waals surface area contributed by atoms with Gasteiger partial charge in [-0.3, -0.25) is 14.4 Å². The number of sulfonamides is 1. The van der Waals surface area contributed by atoms with E-state index in [1.165, 1.54) is 16.6 Å². The lowest BCUT2D eigenvalue weighted by Gasteiger charge is -2.24. The molecule has 0 saturated heterocycles. The van der Waals surface area contributed by atoms with Crippen LogP contribution in [-0.2, 0) is 10.0 Å². The Morgan fingerprint density at radius 3 is 2.54 bits per heavy atom. The molecule has 0 aliphatic rings. The quantitative estimate of drug-likeness (QED) is 0.586. The third kappa shape index (κ3) is 4.39. The van der Waals surface area contributed by atoms with Crippen LogP contribution in [0.5, 0.6) is 0 Å². The van der Waals surface area contributed by atoms with Gasteiger partial charge in [-0.1, -0.05) is 42.9 Å². The summed E-state index contributed by atoms with van der Waals surface area (Å²) in [5, 5.41) is 10.1. The fourth-order valence-electron chi connectivity index (χ4n) is 2.41. The molecule has 0 radical (unpaired) electrons. The molecular formula is C18H20N4O4S2. The Bertz CT molecular complexity index is 1040. The summed E-state index contributed by atoms with van der Waals surface area (Å²) >= 11 is 0.793. The number of rotatable bonds is 7. The van der Waals surface area contributed by atoms with Gasteiger partial charge in [0.05, 0.1) is 12.0 Å². The standard InChI is InChI=1S/C18H20N4O4S2/c1-12(2)11-22(14-8-6-13(3)7-9-14)28(24,25)18-21-20-17(27-18)19-16(23)15-5-4-10-26-15/h4-10,12H,11H2,1-3H3,(H,19,20,23). The summed E-state index contributed by atoms with van der Waals surface area (Å²) in [6.45, 7) is 6.10. The molecule has 2 aromatic heterocycles. The Labute approximate surface area is 167 Å². The fourth-order valence-corrected chi connectivity index (χ4v) is 5.04. The van der Waals surface area contributed by atoms with Crippen molar-refractivity contribution in [2.45, 2.75) is 25.1 Å². The molecule has 148 valence electrons. The molecule has 28 heavy (non-hydrogen) atoms. The molecule has 0 bridgehead atoms. The van der Waals surface area contributed by atoms with Gasteiger partial charge in [-0.15, -0.1) is 10.2 Å². The molecule has 0 atom stereocenters. The van der Waals surface area contributed by atoms with Crippen LogP contribution in [0.4, 0.5) is 10.8 Å². The maximum atomic E-state index is 13.2. The van der Waals surface area contributed by atoms with E-state index in [1.807, 2.05) is 32.9 Å². The number of hydrogen-bond donors (Lipinski definition) is 1. The molecule has 0 saturated carbocycles. The van der Waals surface area contributed by atoms with Gasteiger partial charge in [0.1, 0.15) is 0 Å². The Hall–Kier alpha value is -2.72. The van der Waals surface area contributed by atoms with Gasteiger partial charge in [-0.05, 0) is 37.1 Å². The zero-order valence-electron chi connectivity index (χ0n) is 15.6. The first kappa shape index (κ1) is 20.0. The second-order valence-corrected chi connectivity index (χ2v) is 9.58. The van der Waals surface area contributed by atoms with Crippen molar-refractivity contribution in [2.24, 2.45) is 5.92 Å². The van der Waals surface area contributed by atoms with Crippen LogP contribution in [0.25, 0.3) is 0 Å². The van der Waals surface area contributed by atoms with Crippen molar-refractivity contribution in [3.63, 3.8) is 0 Å². The molecule has 3 aromatic rings. The van der Waals surface area contributed by atoms with Gasteiger partial charge in [0.2, 0.25) is 5.13 Å². The molecule has 1 amide bonds. The highest BCUT2D eigenvalue weighted by Gasteiger charge is 2.30.